The number of ether oxygens (including phenoxy) is 2. The second kappa shape index (κ2) is 8.52. The van der Waals surface area contributed by atoms with Crippen LogP contribution in [-0.4, -0.2) is 43.9 Å². The molecule has 0 bridgehead atoms. The Morgan fingerprint density at radius 2 is 2.07 bits per heavy atom. The third-order valence-electron chi connectivity index (χ3n) is 4.87. The zero-order valence-electron chi connectivity index (χ0n) is 15.6. The maximum absolute atomic E-state index is 14.3. The van der Waals surface area contributed by atoms with Crippen LogP contribution >= 0.6 is 0 Å². The Morgan fingerprint density at radius 1 is 1.33 bits per heavy atom. The molecule has 0 unspecified atom stereocenters. The van der Waals surface area contributed by atoms with Crippen LogP contribution in [0.5, 0.6) is 5.88 Å². The van der Waals surface area contributed by atoms with Crippen LogP contribution in [0.4, 0.5) is 4.39 Å². The van der Waals surface area contributed by atoms with Gasteiger partial charge < -0.3 is 14.3 Å². The Balaban J connectivity index is 1.69. The fraction of sp³-hybridized carbons (Fsp3) is 0.400. The van der Waals surface area contributed by atoms with E-state index in [9.17, 15) is 9.18 Å². The lowest BCUT2D eigenvalue weighted by Gasteiger charge is -2.29. The summed E-state index contributed by atoms with van der Waals surface area (Å²) in [5, 5.41) is 0. The lowest BCUT2D eigenvalue weighted by molar-refractivity contribution is 0.0599. The lowest BCUT2D eigenvalue weighted by Crippen LogP contribution is -2.30. The topological polar surface area (TPSA) is 51.7 Å². The summed E-state index contributed by atoms with van der Waals surface area (Å²) in [6.07, 6.45) is 1.91. The molecule has 1 aliphatic heterocycles. The predicted molar refractivity (Wildman–Crippen MR) is 100 cm³/mol. The summed E-state index contributed by atoms with van der Waals surface area (Å²) in [5.74, 6) is -0.257. The van der Waals surface area contributed by atoms with Crippen molar-refractivity contribution in [3.63, 3.8) is 0 Å². The van der Waals surface area contributed by atoms with E-state index in [1.807, 2.05) is 16.9 Å². The molecule has 0 aliphatic carbocycles. The number of piperidine rings is 1. The molecule has 0 atom stereocenters. The Bertz CT molecular complexity index is 823. The number of carbonyl (C=O) groups excluding carboxylic acids is 1. The summed E-state index contributed by atoms with van der Waals surface area (Å²) in [6, 6.07) is 8.43. The van der Waals surface area contributed by atoms with Gasteiger partial charge in [0.2, 0.25) is 5.88 Å². The number of carbonyl (C=O) groups is 1. The second-order valence-electron chi connectivity index (χ2n) is 6.75. The van der Waals surface area contributed by atoms with Crippen molar-refractivity contribution in [2.75, 3.05) is 20.2 Å². The van der Waals surface area contributed by atoms with E-state index in [0.29, 0.717) is 22.9 Å². The van der Waals surface area contributed by atoms with Gasteiger partial charge >= 0.3 is 5.97 Å². The summed E-state index contributed by atoms with van der Waals surface area (Å²) >= 11 is 0. The Morgan fingerprint density at radius 3 is 2.78 bits per heavy atom. The number of halogens is 1. The van der Waals surface area contributed by atoms with Crippen LogP contribution in [0, 0.1) is 12.7 Å². The first kappa shape index (κ1) is 19.4. The van der Waals surface area contributed by atoms with Gasteiger partial charge in [-0.05, 0) is 56.6 Å². The largest absolute Gasteiger partial charge is 0.473 e. The molecule has 5 nitrogen and oxygen atoms in total. The number of pyridine rings is 1. The minimum atomic E-state index is -0.559. The summed E-state index contributed by atoms with van der Waals surface area (Å²) in [4.78, 5) is 18.0. The first-order chi connectivity index (χ1) is 13.0. The van der Waals surface area contributed by atoms with Gasteiger partial charge in [0.15, 0.2) is 7.98 Å². The van der Waals surface area contributed by atoms with E-state index in [0.717, 1.165) is 31.6 Å². The monoisotopic (exact) mass is 368 g/mol. The number of benzene rings is 1. The van der Waals surface area contributed by atoms with Crippen molar-refractivity contribution in [1.82, 2.24) is 9.79 Å². The first-order valence-corrected chi connectivity index (χ1v) is 8.94. The molecule has 0 spiro atoms. The van der Waals surface area contributed by atoms with E-state index in [1.54, 1.807) is 19.1 Å². The zero-order chi connectivity index (χ0) is 19.4. The SMILES string of the molecule is [B]N1CCC(c2cccc(OCc3cc(C)c(C(=O)OC)cc3F)n2)CC1. The molecule has 1 aliphatic rings. The summed E-state index contributed by atoms with van der Waals surface area (Å²) in [5.41, 5.74) is 2.18. The fourth-order valence-corrected chi connectivity index (χ4v) is 3.27. The number of rotatable bonds is 5. The van der Waals surface area contributed by atoms with Crippen LogP contribution in [0.3, 0.4) is 0 Å². The van der Waals surface area contributed by atoms with E-state index in [2.05, 4.69) is 9.72 Å². The van der Waals surface area contributed by atoms with Crippen molar-refractivity contribution in [2.45, 2.75) is 32.3 Å². The highest BCUT2D eigenvalue weighted by Gasteiger charge is 2.20. The standard InChI is InChI=1S/C20H22BFN2O3/c1-13-10-15(17(22)11-16(13)20(25)26-2)12-27-19-5-3-4-18(23-19)14-6-8-24(21)9-7-14/h3-5,10-11,14H,6-9,12H2,1-2H3. The van der Waals surface area contributed by atoms with Crippen molar-refractivity contribution >= 4 is 14.0 Å². The van der Waals surface area contributed by atoms with Crippen LogP contribution in [0.25, 0.3) is 0 Å². The van der Waals surface area contributed by atoms with Crippen molar-refractivity contribution in [2.24, 2.45) is 0 Å². The lowest BCUT2D eigenvalue weighted by atomic mass is 9.92. The molecule has 0 amide bonds. The van der Waals surface area contributed by atoms with Gasteiger partial charge in [-0.3, -0.25) is 0 Å². The van der Waals surface area contributed by atoms with Gasteiger partial charge in [-0.15, -0.1) is 0 Å². The molecule has 1 saturated heterocycles. The highest BCUT2D eigenvalue weighted by molar-refractivity contribution is 6.04. The number of nitrogens with zero attached hydrogens (tertiary/aromatic N) is 2. The average molecular weight is 368 g/mol. The van der Waals surface area contributed by atoms with Gasteiger partial charge in [0.25, 0.3) is 0 Å². The summed E-state index contributed by atoms with van der Waals surface area (Å²) in [6.45, 7) is 3.45. The molecule has 1 fully saturated rings. The highest BCUT2D eigenvalue weighted by Crippen LogP contribution is 2.27. The molecule has 2 heterocycles. The molecular formula is C20H22BFN2O3. The van der Waals surface area contributed by atoms with E-state index in [-0.39, 0.29) is 12.2 Å². The van der Waals surface area contributed by atoms with Crippen LogP contribution in [0.15, 0.2) is 30.3 Å². The number of aryl methyl sites for hydroxylation is 1. The molecule has 0 N–H and O–H groups in total. The molecule has 2 aromatic rings. The molecular weight excluding hydrogens is 346 g/mol. The van der Waals surface area contributed by atoms with E-state index >= 15 is 0 Å². The zero-order valence-corrected chi connectivity index (χ0v) is 15.6. The van der Waals surface area contributed by atoms with E-state index < -0.39 is 11.8 Å². The van der Waals surface area contributed by atoms with Crippen molar-refractivity contribution in [3.05, 3.63) is 58.5 Å². The third-order valence-corrected chi connectivity index (χ3v) is 4.87. The van der Waals surface area contributed by atoms with Gasteiger partial charge in [0.05, 0.1) is 12.7 Å². The van der Waals surface area contributed by atoms with Gasteiger partial charge in [-0.2, -0.15) is 0 Å². The van der Waals surface area contributed by atoms with Gasteiger partial charge in [0, 0.05) is 23.2 Å². The number of methoxy groups -OCH3 is 1. The molecule has 7 heteroatoms. The average Bonchev–Trinajstić information content (AvgIpc) is 2.68. The normalized spacial score (nSPS) is 15.5. The fourth-order valence-electron chi connectivity index (χ4n) is 3.27. The molecule has 140 valence electrons. The molecule has 0 saturated carbocycles. The van der Waals surface area contributed by atoms with Crippen molar-refractivity contribution in [3.8, 4) is 5.88 Å². The van der Waals surface area contributed by atoms with Crippen molar-refractivity contribution < 1.29 is 18.7 Å². The number of aromatic nitrogens is 1. The van der Waals surface area contributed by atoms with Crippen LogP contribution in [-0.2, 0) is 11.3 Å². The molecule has 1 aromatic carbocycles. The highest BCUT2D eigenvalue weighted by atomic mass is 19.1. The maximum atomic E-state index is 14.3. The first-order valence-electron chi connectivity index (χ1n) is 8.94. The number of hydrogen-bond acceptors (Lipinski definition) is 5. The quantitative estimate of drug-likeness (QED) is 0.600. The number of esters is 1. The van der Waals surface area contributed by atoms with Gasteiger partial charge in [-0.1, -0.05) is 6.07 Å². The smallest absolute Gasteiger partial charge is 0.338 e. The molecule has 3 rings (SSSR count). The van der Waals surface area contributed by atoms with Crippen LogP contribution < -0.4 is 4.74 Å². The van der Waals surface area contributed by atoms with Gasteiger partial charge in [0.1, 0.15) is 12.4 Å². The molecule has 1 aromatic heterocycles. The molecule has 27 heavy (non-hydrogen) atoms. The Kier molecular flexibility index (Phi) is 6.11. The Labute approximate surface area is 159 Å². The van der Waals surface area contributed by atoms with Crippen LogP contribution in [0.2, 0.25) is 0 Å². The minimum Gasteiger partial charge on any atom is -0.473 e. The van der Waals surface area contributed by atoms with E-state index in [4.69, 9.17) is 12.7 Å². The molecule has 2 radical (unpaired) electrons. The second-order valence-corrected chi connectivity index (χ2v) is 6.75. The minimum absolute atomic E-state index is 0.0336. The van der Waals surface area contributed by atoms with Crippen LogP contribution in [0.1, 0.15) is 45.9 Å². The number of hydrogen-bond donors (Lipinski definition) is 0. The summed E-state index contributed by atoms with van der Waals surface area (Å²) in [7, 11) is 7.08. The summed E-state index contributed by atoms with van der Waals surface area (Å²) < 4.78 is 24.7. The predicted octanol–water partition coefficient (Wildman–Crippen LogP) is 3.16. The van der Waals surface area contributed by atoms with Gasteiger partial charge in [-0.25, -0.2) is 14.2 Å². The van der Waals surface area contributed by atoms with Crippen molar-refractivity contribution in [1.29, 1.82) is 0 Å². The Hall–Kier alpha value is -2.41. The van der Waals surface area contributed by atoms with E-state index in [1.165, 1.54) is 13.2 Å². The maximum Gasteiger partial charge on any atom is 0.338 e. The third kappa shape index (κ3) is 4.66.